The number of nitrogens with zero attached hydrogens (tertiary/aromatic N) is 3. The molecule has 1 fully saturated rings. The van der Waals surface area contributed by atoms with E-state index in [0.29, 0.717) is 61.4 Å². The Morgan fingerprint density at radius 2 is 1.62 bits per heavy atom. The number of rotatable bonds is 8. The van der Waals surface area contributed by atoms with Crippen LogP contribution in [0, 0.1) is 26.6 Å². The lowest BCUT2D eigenvalue weighted by Gasteiger charge is -2.35. The van der Waals surface area contributed by atoms with Gasteiger partial charge in [-0.05, 0) is 67.8 Å². The summed E-state index contributed by atoms with van der Waals surface area (Å²) in [5, 5.41) is 3.40. The van der Waals surface area contributed by atoms with Gasteiger partial charge >= 0.3 is 6.03 Å². The molecular weight excluding hydrogens is 539 g/mol. The van der Waals surface area contributed by atoms with Crippen molar-refractivity contribution < 1.29 is 17.6 Å². The van der Waals surface area contributed by atoms with Gasteiger partial charge in [0.25, 0.3) is 0 Å². The molecule has 0 bridgehead atoms. The molecule has 39 heavy (non-hydrogen) atoms. The summed E-state index contributed by atoms with van der Waals surface area (Å²) in [6.45, 7) is 8.79. The van der Waals surface area contributed by atoms with Gasteiger partial charge in [-0.15, -0.1) is 0 Å². The fourth-order valence-electron chi connectivity index (χ4n) is 4.99. The van der Waals surface area contributed by atoms with Crippen LogP contribution in [0.1, 0.15) is 22.3 Å². The Labute approximate surface area is 235 Å². The van der Waals surface area contributed by atoms with Crippen molar-refractivity contribution in [3.05, 3.63) is 93.8 Å². The van der Waals surface area contributed by atoms with Gasteiger partial charge in [0, 0.05) is 56.5 Å². The molecular formula is C29H34ClFN4O3S. The first-order valence-corrected chi connectivity index (χ1v) is 14.7. The summed E-state index contributed by atoms with van der Waals surface area (Å²) >= 11 is 6.07. The number of piperazine rings is 1. The average Bonchev–Trinajstić information content (AvgIpc) is 2.87. The van der Waals surface area contributed by atoms with E-state index in [9.17, 15) is 17.6 Å². The van der Waals surface area contributed by atoms with Crippen molar-refractivity contribution in [2.45, 2.75) is 32.2 Å². The summed E-state index contributed by atoms with van der Waals surface area (Å²) in [4.78, 5) is 17.4. The highest BCUT2D eigenvalue weighted by atomic mass is 35.5. The Kier molecular flexibility index (Phi) is 9.27. The molecule has 0 aliphatic carbocycles. The van der Waals surface area contributed by atoms with Crippen LogP contribution < -0.4 is 5.32 Å². The first kappa shape index (κ1) is 29.0. The fourth-order valence-corrected chi connectivity index (χ4v) is 7.01. The average molecular weight is 573 g/mol. The largest absolute Gasteiger partial charge is 0.322 e. The third-order valence-electron chi connectivity index (χ3n) is 6.87. The van der Waals surface area contributed by atoms with Crippen LogP contribution in [0.3, 0.4) is 0 Å². The number of carbonyl (C=O) groups excluding carboxylic acids is 1. The maximum atomic E-state index is 13.4. The van der Waals surface area contributed by atoms with E-state index in [-0.39, 0.29) is 11.8 Å². The van der Waals surface area contributed by atoms with E-state index in [1.165, 1.54) is 12.1 Å². The molecule has 0 spiro atoms. The summed E-state index contributed by atoms with van der Waals surface area (Å²) in [5.41, 5.74) is 3.95. The van der Waals surface area contributed by atoms with Crippen LogP contribution in [-0.2, 0) is 16.6 Å². The number of hydrogen-bond acceptors (Lipinski definition) is 4. The Balaban J connectivity index is 1.40. The Bertz CT molecular complexity index is 1400. The Morgan fingerprint density at radius 1 is 0.974 bits per heavy atom. The summed E-state index contributed by atoms with van der Waals surface area (Å²) in [5.74, 6) is -0.336. The van der Waals surface area contributed by atoms with Gasteiger partial charge in [0.05, 0.1) is 4.90 Å². The van der Waals surface area contributed by atoms with Gasteiger partial charge in [-0.25, -0.2) is 17.6 Å². The molecule has 1 saturated heterocycles. The molecule has 208 valence electrons. The number of sulfonamides is 1. The third kappa shape index (κ3) is 7.36. The van der Waals surface area contributed by atoms with Gasteiger partial charge in [-0.2, -0.15) is 4.31 Å². The molecule has 1 aliphatic rings. The zero-order chi connectivity index (χ0) is 28.2. The lowest BCUT2D eigenvalue weighted by atomic mass is 10.1. The maximum Gasteiger partial charge on any atom is 0.322 e. The van der Waals surface area contributed by atoms with Crippen LogP contribution in [0.4, 0.5) is 14.9 Å². The molecule has 3 aromatic carbocycles. The number of halogens is 2. The molecule has 10 heteroatoms. The van der Waals surface area contributed by atoms with Crippen molar-refractivity contribution in [3.8, 4) is 0 Å². The highest BCUT2D eigenvalue weighted by molar-refractivity contribution is 7.89. The van der Waals surface area contributed by atoms with Crippen molar-refractivity contribution in [2.75, 3.05) is 44.6 Å². The van der Waals surface area contributed by atoms with Gasteiger partial charge < -0.3 is 10.2 Å². The number of carbonyl (C=O) groups is 1. The van der Waals surface area contributed by atoms with E-state index in [1.807, 2.05) is 32.9 Å². The summed E-state index contributed by atoms with van der Waals surface area (Å²) in [7, 11) is -3.60. The smallest absolute Gasteiger partial charge is 0.319 e. The molecule has 1 heterocycles. The number of aryl methyl sites for hydroxylation is 3. The summed E-state index contributed by atoms with van der Waals surface area (Å²) in [6, 6.07) is 16.5. The van der Waals surface area contributed by atoms with Crippen LogP contribution in [0.2, 0.25) is 5.02 Å². The number of anilines is 1. The standard InChI is InChI=1S/C29H34ClFN4O3S/c1-21-17-22(2)28(23(3)18-21)39(37,38)35-15-12-33(13-16-35)11-14-34(20-24-7-9-26(31)10-8-24)29(36)32-27-6-4-5-25(30)19-27/h4-10,17-19H,11-16,20H2,1-3H3,(H,32,36). The first-order chi connectivity index (χ1) is 18.5. The second-order valence-corrected chi connectivity index (χ2v) is 12.3. The fraction of sp³-hybridized carbons (Fsp3) is 0.345. The predicted molar refractivity (Wildman–Crippen MR) is 153 cm³/mol. The predicted octanol–water partition coefficient (Wildman–Crippen LogP) is 5.44. The molecule has 0 aromatic heterocycles. The zero-order valence-corrected chi connectivity index (χ0v) is 24.0. The van der Waals surface area contributed by atoms with Crippen molar-refractivity contribution in [1.82, 2.24) is 14.1 Å². The van der Waals surface area contributed by atoms with Crippen LogP contribution >= 0.6 is 11.6 Å². The number of nitrogens with one attached hydrogen (secondary N) is 1. The minimum atomic E-state index is -3.60. The lowest BCUT2D eigenvalue weighted by molar-refractivity contribution is 0.161. The van der Waals surface area contributed by atoms with Crippen molar-refractivity contribution in [2.24, 2.45) is 0 Å². The molecule has 0 radical (unpaired) electrons. The van der Waals surface area contributed by atoms with Gasteiger partial charge in [0.1, 0.15) is 5.82 Å². The molecule has 0 unspecified atom stereocenters. The maximum absolute atomic E-state index is 13.4. The lowest BCUT2D eigenvalue weighted by Crippen LogP contribution is -2.50. The van der Waals surface area contributed by atoms with Crippen molar-refractivity contribution >= 4 is 33.3 Å². The number of amides is 2. The van der Waals surface area contributed by atoms with Gasteiger partial charge in [-0.3, -0.25) is 4.90 Å². The minimum absolute atomic E-state index is 0.298. The van der Waals surface area contributed by atoms with E-state index in [4.69, 9.17) is 11.6 Å². The molecule has 0 saturated carbocycles. The zero-order valence-electron chi connectivity index (χ0n) is 22.5. The van der Waals surface area contributed by atoms with E-state index < -0.39 is 10.0 Å². The second kappa shape index (κ2) is 12.5. The summed E-state index contributed by atoms with van der Waals surface area (Å²) in [6.07, 6.45) is 0. The van der Waals surface area contributed by atoms with Gasteiger partial charge in [0.15, 0.2) is 0 Å². The van der Waals surface area contributed by atoms with E-state index in [1.54, 1.807) is 45.6 Å². The van der Waals surface area contributed by atoms with Gasteiger partial charge in [0.2, 0.25) is 10.0 Å². The molecule has 1 aliphatic heterocycles. The van der Waals surface area contributed by atoms with E-state index in [0.717, 1.165) is 22.3 Å². The highest BCUT2D eigenvalue weighted by Crippen LogP contribution is 2.26. The molecule has 0 atom stereocenters. The number of benzene rings is 3. The second-order valence-electron chi connectivity index (χ2n) is 9.96. The quantitative estimate of drug-likeness (QED) is 0.390. The topological polar surface area (TPSA) is 73.0 Å². The monoisotopic (exact) mass is 572 g/mol. The minimum Gasteiger partial charge on any atom is -0.319 e. The van der Waals surface area contributed by atoms with Crippen LogP contribution in [0.5, 0.6) is 0 Å². The Hall–Kier alpha value is -2.98. The van der Waals surface area contributed by atoms with Crippen LogP contribution in [-0.4, -0.2) is 67.8 Å². The SMILES string of the molecule is Cc1cc(C)c(S(=O)(=O)N2CCN(CCN(Cc3ccc(F)cc3)C(=O)Nc3cccc(Cl)c3)CC2)c(C)c1. The summed E-state index contributed by atoms with van der Waals surface area (Å²) < 4.78 is 41.9. The van der Waals surface area contributed by atoms with Gasteiger partial charge in [-0.1, -0.05) is 47.5 Å². The first-order valence-electron chi connectivity index (χ1n) is 12.9. The van der Waals surface area contributed by atoms with E-state index in [2.05, 4.69) is 10.2 Å². The third-order valence-corrected chi connectivity index (χ3v) is 9.31. The molecule has 2 amide bonds. The van der Waals surface area contributed by atoms with Crippen LogP contribution in [0.25, 0.3) is 0 Å². The number of urea groups is 1. The van der Waals surface area contributed by atoms with Crippen LogP contribution in [0.15, 0.2) is 65.6 Å². The van der Waals surface area contributed by atoms with Crippen molar-refractivity contribution in [3.63, 3.8) is 0 Å². The molecule has 7 nitrogen and oxygen atoms in total. The normalized spacial score (nSPS) is 14.8. The van der Waals surface area contributed by atoms with Crippen molar-refractivity contribution in [1.29, 1.82) is 0 Å². The molecule has 1 N–H and O–H groups in total. The number of hydrogen-bond donors (Lipinski definition) is 1. The molecule has 3 aromatic rings. The Morgan fingerprint density at radius 3 is 2.23 bits per heavy atom. The van der Waals surface area contributed by atoms with E-state index >= 15 is 0 Å². The molecule has 4 rings (SSSR count). The highest BCUT2D eigenvalue weighted by Gasteiger charge is 2.31.